The zero-order chi connectivity index (χ0) is 12.0. The van der Waals surface area contributed by atoms with Crippen molar-refractivity contribution >= 4 is 5.91 Å². The molecule has 0 aromatic carbocycles. The highest BCUT2D eigenvalue weighted by Crippen LogP contribution is 1.94. The lowest BCUT2D eigenvalue weighted by molar-refractivity contribution is -0.121. The molecule has 0 spiro atoms. The summed E-state index contributed by atoms with van der Waals surface area (Å²) in [5.74, 6) is 0.535. The molecule has 0 radical (unpaired) electrons. The second-order valence-corrected chi connectivity index (χ2v) is 4.11. The van der Waals surface area contributed by atoms with Crippen molar-refractivity contribution in [3.63, 3.8) is 0 Å². The molecule has 1 amide bonds. The maximum Gasteiger partial charge on any atom is 0.241 e. The van der Waals surface area contributed by atoms with Gasteiger partial charge >= 0.3 is 0 Å². The van der Waals surface area contributed by atoms with E-state index in [0.717, 1.165) is 12.2 Å². The number of carbonyl (C=O) groups excluding carboxylic acids is 1. The minimum Gasteiger partial charge on any atom is -0.358 e. The molecule has 16 heavy (non-hydrogen) atoms. The van der Waals surface area contributed by atoms with Gasteiger partial charge in [-0.15, -0.1) is 5.10 Å². The van der Waals surface area contributed by atoms with Crippen LogP contribution in [-0.2, 0) is 17.9 Å². The first-order chi connectivity index (χ1) is 7.61. The van der Waals surface area contributed by atoms with Gasteiger partial charge in [-0.25, -0.2) is 4.68 Å². The third-order valence-corrected chi connectivity index (χ3v) is 2.03. The summed E-state index contributed by atoms with van der Waals surface area (Å²) in [5.41, 5.74) is 0.851. The van der Waals surface area contributed by atoms with E-state index in [1.807, 2.05) is 0 Å². The van der Waals surface area contributed by atoms with Gasteiger partial charge in [0.2, 0.25) is 5.91 Å². The van der Waals surface area contributed by atoms with Crippen molar-refractivity contribution in [1.82, 2.24) is 25.6 Å². The van der Waals surface area contributed by atoms with E-state index < -0.39 is 0 Å². The fourth-order valence-corrected chi connectivity index (χ4v) is 1.21. The molecule has 0 atom stereocenters. The van der Waals surface area contributed by atoms with Gasteiger partial charge in [0, 0.05) is 13.6 Å². The van der Waals surface area contributed by atoms with Crippen LogP contribution in [0.3, 0.4) is 0 Å². The topological polar surface area (TPSA) is 71.8 Å². The van der Waals surface area contributed by atoms with Crippen LogP contribution in [0.5, 0.6) is 0 Å². The average molecular weight is 225 g/mol. The maximum absolute atomic E-state index is 11.1. The lowest BCUT2D eigenvalue weighted by Gasteiger charge is -2.04. The van der Waals surface area contributed by atoms with Crippen molar-refractivity contribution in [1.29, 1.82) is 0 Å². The molecular formula is C10H19N5O. The third kappa shape index (κ3) is 4.39. The van der Waals surface area contributed by atoms with Gasteiger partial charge in [-0.3, -0.25) is 4.79 Å². The molecular weight excluding hydrogens is 206 g/mol. The summed E-state index contributed by atoms with van der Waals surface area (Å²) in [6, 6.07) is 0. The summed E-state index contributed by atoms with van der Waals surface area (Å²) in [7, 11) is 1.60. The predicted octanol–water partition coefficient (Wildman–Crippen LogP) is -0.230. The molecule has 0 saturated heterocycles. The zero-order valence-corrected chi connectivity index (χ0v) is 10.0. The summed E-state index contributed by atoms with van der Waals surface area (Å²) in [6.45, 7) is 6.15. The molecule has 1 rings (SSSR count). The first-order valence-electron chi connectivity index (χ1n) is 5.42. The molecule has 1 aromatic heterocycles. The first-order valence-corrected chi connectivity index (χ1v) is 5.42. The Kier molecular flexibility index (Phi) is 4.91. The van der Waals surface area contributed by atoms with Gasteiger partial charge in [0.25, 0.3) is 0 Å². The molecule has 6 heteroatoms. The van der Waals surface area contributed by atoms with E-state index in [0.29, 0.717) is 12.5 Å². The van der Waals surface area contributed by atoms with Crippen molar-refractivity contribution in [2.75, 3.05) is 13.6 Å². The molecule has 0 aliphatic carbocycles. The highest BCUT2D eigenvalue weighted by molar-refractivity contribution is 5.75. The van der Waals surface area contributed by atoms with Crippen molar-refractivity contribution in [2.45, 2.75) is 26.9 Å². The van der Waals surface area contributed by atoms with E-state index in [1.165, 1.54) is 4.68 Å². The smallest absolute Gasteiger partial charge is 0.241 e. The second kappa shape index (κ2) is 6.22. The van der Waals surface area contributed by atoms with Crippen LogP contribution in [0.25, 0.3) is 0 Å². The Bertz CT molecular complexity index is 334. The van der Waals surface area contributed by atoms with Gasteiger partial charge in [-0.1, -0.05) is 19.1 Å². The van der Waals surface area contributed by atoms with Crippen molar-refractivity contribution in [3.8, 4) is 0 Å². The molecule has 1 aromatic rings. The molecule has 0 aliphatic heterocycles. The third-order valence-electron chi connectivity index (χ3n) is 2.03. The van der Waals surface area contributed by atoms with Crippen LogP contribution >= 0.6 is 0 Å². The Balaban J connectivity index is 2.36. The Morgan fingerprint density at radius 1 is 1.56 bits per heavy atom. The van der Waals surface area contributed by atoms with Crippen LogP contribution in [-0.4, -0.2) is 34.5 Å². The van der Waals surface area contributed by atoms with Gasteiger partial charge < -0.3 is 10.6 Å². The Labute approximate surface area is 95.4 Å². The van der Waals surface area contributed by atoms with Crippen molar-refractivity contribution in [2.24, 2.45) is 5.92 Å². The molecule has 0 unspecified atom stereocenters. The van der Waals surface area contributed by atoms with Gasteiger partial charge in [-0.2, -0.15) is 0 Å². The number of carbonyl (C=O) groups is 1. The largest absolute Gasteiger partial charge is 0.358 e. The molecule has 6 nitrogen and oxygen atoms in total. The number of nitrogens with zero attached hydrogens (tertiary/aromatic N) is 3. The van der Waals surface area contributed by atoms with Crippen molar-refractivity contribution < 1.29 is 4.79 Å². The zero-order valence-electron chi connectivity index (χ0n) is 10.0. The molecule has 0 saturated carbocycles. The summed E-state index contributed by atoms with van der Waals surface area (Å²) in [6.07, 6.45) is 1.78. The molecule has 0 fully saturated rings. The number of rotatable bonds is 6. The van der Waals surface area contributed by atoms with E-state index >= 15 is 0 Å². The summed E-state index contributed by atoms with van der Waals surface area (Å²) < 4.78 is 1.53. The van der Waals surface area contributed by atoms with Gasteiger partial charge in [0.15, 0.2) is 0 Å². The summed E-state index contributed by atoms with van der Waals surface area (Å²) in [5, 5.41) is 13.6. The van der Waals surface area contributed by atoms with Gasteiger partial charge in [0.1, 0.15) is 6.54 Å². The Morgan fingerprint density at radius 3 is 2.94 bits per heavy atom. The number of aromatic nitrogens is 3. The van der Waals surface area contributed by atoms with E-state index in [9.17, 15) is 4.79 Å². The number of hydrogen-bond donors (Lipinski definition) is 2. The van der Waals surface area contributed by atoms with Crippen LogP contribution in [0.15, 0.2) is 6.20 Å². The van der Waals surface area contributed by atoms with Crippen LogP contribution in [0, 0.1) is 5.92 Å². The fourth-order valence-electron chi connectivity index (χ4n) is 1.21. The minimum absolute atomic E-state index is 0.0772. The van der Waals surface area contributed by atoms with Gasteiger partial charge in [0.05, 0.1) is 11.9 Å². The fraction of sp³-hybridized carbons (Fsp3) is 0.700. The SMILES string of the molecule is CNC(=O)Cn1cc(CNCC(C)C)nn1. The predicted molar refractivity (Wildman–Crippen MR) is 60.6 cm³/mol. The molecule has 2 N–H and O–H groups in total. The van der Waals surface area contributed by atoms with E-state index in [4.69, 9.17) is 0 Å². The van der Waals surface area contributed by atoms with Crippen molar-refractivity contribution in [3.05, 3.63) is 11.9 Å². The summed E-state index contributed by atoms with van der Waals surface area (Å²) >= 11 is 0. The van der Waals surface area contributed by atoms with Gasteiger partial charge in [-0.05, 0) is 12.5 Å². The Hall–Kier alpha value is -1.43. The van der Waals surface area contributed by atoms with Crippen LogP contribution in [0.4, 0.5) is 0 Å². The molecule has 1 heterocycles. The number of amides is 1. The number of nitrogens with one attached hydrogen (secondary N) is 2. The van der Waals surface area contributed by atoms with E-state index in [1.54, 1.807) is 13.2 Å². The van der Waals surface area contributed by atoms with Crippen LogP contribution < -0.4 is 10.6 Å². The normalized spacial score (nSPS) is 10.8. The standard InChI is InChI=1S/C10H19N5O/c1-8(2)4-12-5-9-6-15(14-13-9)7-10(16)11-3/h6,8,12H,4-5,7H2,1-3H3,(H,11,16). The summed E-state index contributed by atoms with van der Waals surface area (Å²) in [4.78, 5) is 11.1. The average Bonchev–Trinajstić information content (AvgIpc) is 2.65. The molecule has 0 bridgehead atoms. The lowest BCUT2D eigenvalue weighted by Crippen LogP contribution is -2.23. The quantitative estimate of drug-likeness (QED) is 0.701. The highest BCUT2D eigenvalue weighted by atomic mass is 16.1. The van der Waals surface area contributed by atoms with Crippen LogP contribution in [0.2, 0.25) is 0 Å². The monoisotopic (exact) mass is 225 g/mol. The second-order valence-electron chi connectivity index (χ2n) is 4.11. The Morgan fingerprint density at radius 2 is 2.31 bits per heavy atom. The van der Waals surface area contributed by atoms with E-state index in [-0.39, 0.29) is 12.5 Å². The maximum atomic E-state index is 11.1. The molecule has 0 aliphatic rings. The minimum atomic E-state index is -0.0772. The lowest BCUT2D eigenvalue weighted by atomic mass is 10.2. The van der Waals surface area contributed by atoms with Crippen LogP contribution in [0.1, 0.15) is 19.5 Å². The first kappa shape index (κ1) is 12.6. The highest BCUT2D eigenvalue weighted by Gasteiger charge is 2.04. The number of hydrogen-bond acceptors (Lipinski definition) is 4. The van der Waals surface area contributed by atoms with E-state index in [2.05, 4.69) is 34.8 Å². The molecule has 90 valence electrons. The number of likely N-dealkylation sites (N-methyl/N-ethyl adjacent to an activating group) is 1.